The van der Waals surface area contributed by atoms with E-state index in [0.717, 1.165) is 15.6 Å². The molecule has 1 aromatic carbocycles. The van der Waals surface area contributed by atoms with Crippen LogP contribution in [0.5, 0.6) is 0 Å². The zero-order valence-electron chi connectivity index (χ0n) is 13.3. The predicted molar refractivity (Wildman–Crippen MR) is 98.7 cm³/mol. The first-order chi connectivity index (χ1) is 12.0. The minimum atomic E-state index is -4.61. The molecule has 0 spiro atoms. The molecule has 138 valence electrons. The van der Waals surface area contributed by atoms with Gasteiger partial charge in [-0.2, -0.15) is 13.2 Å². The van der Waals surface area contributed by atoms with Crippen LogP contribution in [-0.2, 0) is 16.6 Å². The Kier molecular flexibility index (Phi) is 4.67. The molecule has 26 heavy (non-hydrogen) atoms. The van der Waals surface area contributed by atoms with Crippen LogP contribution in [-0.4, -0.2) is 23.1 Å². The number of halogens is 4. The number of hydrogen-bond donors (Lipinski definition) is 0. The second kappa shape index (κ2) is 6.41. The molecule has 2 heterocycles. The van der Waals surface area contributed by atoms with Crippen LogP contribution in [0.25, 0.3) is 11.0 Å². The highest BCUT2D eigenvalue weighted by Gasteiger charge is 2.31. The fourth-order valence-electron chi connectivity index (χ4n) is 2.59. The lowest BCUT2D eigenvalue weighted by molar-refractivity contribution is -0.140. The lowest BCUT2D eigenvalue weighted by Crippen LogP contribution is -2.28. The van der Waals surface area contributed by atoms with Gasteiger partial charge in [-0.1, -0.05) is 17.7 Å². The highest BCUT2D eigenvalue weighted by atomic mass is 127. The second-order valence-electron chi connectivity index (χ2n) is 5.70. The number of aromatic nitrogens is 2. The molecule has 3 rings (SSSR count). The van der Waals surface area contributed by atoms with Gasteiger partial charge < -0.3 is 0 Å². The van der Waals surface area contributed by atoms with Crippen molar-refractivity contribution in [2.75, 3.05) is 0 Å². The highest BCUT2D eigenvalue weighted by molar-refractivity contribution is 14.1. The summed E-state index contributed by atoms with van der Waals surface area (Å²) in [6, 6.07) is 8.26. The highest BCUT2D eigenvalue weighted by Crippen LogP contribution is 2.28. The number of hydrogen-bond acceptors (Lipinski definition) is 3. The molecule has 0 saturated carbocycles. The Balaban J connectivity index is 2.28. The minimum Gasteiger partial charge on any atom is -0.297 e. The van der Waals surface area contributed by atoms with Crippen molar-refractivity contribution in [3.8, 4) is 0 Å². The van der Waals surface area contributed by atoms with Crippen molar-refractivity contribution < 1.29 is 21.6 Å². The van der Waals surface area contributed by atoms with Crippen LogP contribution in [0.1, 0.15) is 5.56 Å². The fourth-order valence-corrected chi connectivity index (χ4v) is 4.98. The van der Waals surface area contributed by atoms with Gasteiger partial charge in [0, 0.05) is 12.3 Å². The number of alkyl halides is 3. The Hall–Kier alpha value is -1.82. The molecule has 0 N–H and O–H groups in total. The number of fused-ring (bicyclic) bond motifs is 1. The molecule has 0 saturated heterocycles. The summed E-state index contributed by atoms with van der Waals surface area (Å²) in [4.78, 5) is 11.9. The summed E-state index contributed by atoms with van der Waals surface area (Å²) in [5.74, 6) is 0. The normalized spacial score (nSPS) is 12.7. The summed E-state index contributed by atoms with van der Waals surface area (Å²) < 4.78 is 66.0. The second-order valence-corrected chi connectivity index (χ2v) is 8.67. The molecule has 10 heteroatoms. The Morgan fingerprint density at radius 3 is 2.27 bits per heavy atom. The lowest BCUT2D eigenvalue weighted by Gasteiger charge is -2.12. The third kappa shape index (κ3) is 3.39. The first-order valence-corrected chi connectivity index (χ1v) is 9.82. The van der Waals surface area contributed by atoms with Crippen LogP contribution in [0.15, 0.2) is 52.3 Å². The van der Waals surface area contributed by atoms with Crippen LogP contribution in [0, 0.1) is 10.5 Å². The molecule has 0 bridgehead atoms. The van der Waals surface area contributed by atoms with E-state index < -0.39 is 28.3 Å². The predicted octanol–water partition coefficient (Wildman–Crippen LogP) is 3.52. The number of aryl methyl sites for hydroxylation is 1. The van der Waals surface area contributed by atoms with E-state index in [1.54, 1.807) is 41.6 Å². The molecule has 0 aliphatic heterocycles. The zero-order chi connectivity index (χ0) is 19.3. The quantitative estimate of drug-likeness (QED) is 0.522. The summed E-state index contributed by atoms with van der Waals surface area (Å²) in [6.07, 6.45) is -3.40. The zero-order valence-corrected chi connectivity index (χ0v) is 16.3. The van der Waals surface area contributed by atoms with Gasteiger partial charge in [-0.25, -0.2) is 12.4 Å². The summed E-state index contributed by atoms with van der Waals surface area (Å²) >= 11 is 1.73. The molecule has 0 aliphatic rings. The first kappa shape index (κ1) is 19.0. The monoisotopic (exact) mass is 496 g/mol. The topological polar surface area (TPSA) is 61.1 Å². The van der Waals surface area contributed by atoms with Gasteiger partial charge in [-0.05, 0) is 47.7 Å². The maximum Gasteiger partial charge on any atom is 0.406 e. The Labute approximate surface area is 160 Å². The minimum absolute atomic E-state index is 0.00460. The van der Waals surface area contributed by atoms with Gasteiger partial charge in [0.05, 0.1) is 19.5 Å². The maximum absolute atomic E-state index is 12.9. The van der Waals surface area contributed by atoms with Crippen molar-refractivity contribution in [3.63, 3.8) is 0 Å². The van der Waals surface area contributed by atoms with Crippen molar-refractivity contribution >= 4 is 43.6 Å². The Morgan fingerprint density at radius 2 is 1.69 bits per heavy atom. The molecule has 0 amide bonds. The third-order valence-electron chi connectivity index (χ3n) is 3.77. The van der Waals surface area contributed by atoms with E-state index in [9.17, 15) is 26.4 Å². The molecule has 0 aliphatic carbocycles. The van der Waals surface area contributed by atoms with Crippen molar-refractivity contribution in [2.24, 2.45) is 0 Å². The maximum atomic E-state index is 12.9. The SMILES string of the molecule is Cc1ccc(S(=O)(=O)n2cc(I)c3c2ccc(=O)n3CC(F)(F)F)cc1. The van der Waals surface area contributed by atoms with E-state index >= 15 is 0 Å². The van der Waals surface area contributed by atoms with Gasteiger partial charge in [0.1, 0.15) is 6.54 Å². The molecule has 2 aromatic heterocycles. The van der Waals surface area contributed by atoms with Gasteiger partial charge in [0.25, 0.3) is 15.6 Å². The van der Waals surface area contributed by atoms with Crippen LogP contribution >= 0.6 is 22.6 Å². The standard InChI is InChI=1S/C16H12F3IN2O3S/c1-10-2-4-11(5-3-10)26(24,25)22-8-12(20)15-13(22)6-7-14(23)21(15)9-16(17,18)19/h2-8H,9H2,1H3. The summed E-state index contributed by atoms with van der Waals surface area (Å²) in [5.41, 5.74) is -0.0296. The molecule has 0 radical (unpaired) electrons. The van der Waals surface area contributed by atoms with E-state index in [4.69, 9.17) is 0 Å². The van der Waals surface area contributed by atoms with Gasteiger partial charge in [0.15, 0.2) is 0 Å². The Bertz CT molecular complexity index is 1150. The van der Waals surface area contributed by atoms with E-state index in [0.29, 0.717) is 4.57 Å². The van der Waals surface area contributed by atoms with E-state index in [-0.39, 0.29) is 19.5 Å². The molecule has 0 unspecified atom stereocenters. The fraction of sp³-hybridized carbons (Fsp3) is 0.188. The molecular weight excluding hydrogens is 484 g/mol. The van der Waals surface area contributed by atoms with Crippen LogP contribution in [0.4, 0.5) is 13.2 Å². The van der Waals surface area contributed by atoms with E-state index in [1.165, 1.54) is 24.4 Å². The lowest BCUT2D eigenvalue weighted by atomic mass is 10.2. The van der Waals surface area contributed by atoms with Gasteiger partial charge in [0.2, 0.25) is 0 Å². The van der Waals surface area contributed by atoms with Crippen molar-refractivity contribution in [2.45, 2.75) is 24.5 Å². The van der Waals surface area contributed by atoms with Crippen molar-refractivity contribution in [3.05, 3.63) is 62.1 Å². The number of pyridine rings is 1. The molecule has 5 nitrogen and oxygen atoms in total. The van der Waals surface area contributed by atoms with Crippen molar-refractivity contribution in [1.29, 1.82) is 0 Å². The summed E-state index contributed by atoms with van der Waals surface area (Å²) in [7, 11) is -4.02. The molecule has 0 atom stereocenters. The average molecular weight is 496 g/mol. The largest absolute Gasteiger partial charge is 0.406 e. The van der Waals surface area contributed by atoms with Crippen molar-refractivity contribution in [1.82, 2.24) is 8.54 Å². The summed E-state index contributed by atoms with van der Waals surface area (Å²) in [5, 5.41) is 0. The average Bonchev–Trinajstić information content (AvgIpc) is 2.87. The smallest absolute Gasteiger partial charge is 0.297 e. The Morgan fingerprint density at radius 1 is 1.08 bits per heavy atom. The first-order valence-electron chi connectivity index (χ1n) is 7.30. The third-order valence-corrected chi connectivity index (χ3v) is 6.25. The molecule has 3 aromatic rings. The van der Waals surface area contributed by atoms with E-state index in [1.807, 2.05) is 0 Å². The number of nitrogens with zero attached hydrogens (tertiary/aromatic N) is 2. The molecule has 0 fully saturated rings. The molecular formula is C16H12F3IN2O3S. The van der Waals surface area contributed by atoms with Gasteiger partial charge >= 0.3 is 6.18 Å². The van der Waals surface area contributed by atoms with Gasteiger partial charge in [-0.3, -0.25) is 9.36 Å². The van der Waals surface area contributed by atoms with Crippen LogP contribution in [0.3, 0.4) is 0 Å². The number of rotatable bonds is 3. The summed E-state index contributed by atoms with van der Waals surface area (Å²) in [6.45, 7) is 0.313. The number of benzene rings is 1. The van der Waals surface area contributed by atoms with E-state index in [2.05, 4.69) is 0 Å². The van der Waals surface area contributed by atoms with Crippen LogP contribution in [0.2, 0.25) is 0 Å². The van der Waals surface area contributed by atoms with Crippen LogP contribution < -0.4 is 5.56 Å². The van der Waals surface area contributed by atoms with Gasteiger partial charge in [-0.15, -0.1) is 0 Å².